The first-order chi connectivity index (χ1) is 31.4. The molecule has 0 fully saturated rings. The van der Waals surface area contributed by atoms with E-state index in [1.54, 1.807) is 70.3 Å². The minimum atomic E-state index is -3.60. The molecule has 4 N–H and O–H groups in total. The van der Waals surface area contributed by atoms with E-state index >= 15 is 0 Å². The number of aromatic nitrogens is 1. The average molecular weight is 1050 g/mol. The SMILES string of the molecule is C=CCOP(C)(=O)O.C=CCOP(C)(=O)OC(C)C(=O)OCC.CCOC(=O)C(C)O.CCOC(=O)C(C)OP(C)(=O)O.CCOC(=O)C(C)OP(C)(=O)Oc1ccccc1.Oc1cccnc1. The van der Waals surface area contributed by atoms with Crippen molar-refractivity contribution in [3.63, 3.8) is 0 Å². The highest BCUT2D eigenvalue weighted by molar-refractivity contribution is 7.53. The summed E-state index contributed by atoms with van der Waals surface area (Å²) in [5, 5.41) is 17.0. The van der Waals surface area contributed by atoms with Gasteiger partial charge in [0.25, 0.3) is 0 Å². The predicted octanol–water partition coefficient (Wildman–Crippen LogP) is 7.33. The Balaban J connectivity index is -0.000000374. The van der Waals surface area contributed by atoms with E-state index in [-0.39, 0.29) is 38.8 Å². The number of benzene rings is 1. The van der Waals surface area contributed by atoms with Gasteiger partial charge in [-0.1, -0.05) is 30.4 Å². The Morgan fingerprint density at radius 2 is 1.00 bits per heavy atom. The second-order valence-corrected chi connectivity index (χ2v) is 20.5. The van der Waals surface area contributed by atoms with Gasteiger partial charge < -0.3 is 52.5 Å². The molecule has 68 heavy (non-hydrogen) atoms. The number of carbonyl (C=O) groups excluding carboxylic acids is 4. The monoisotopic (exact) mass is 1050 g/mol. The maximum absolute atomic E-state index is 12.1. The normalized spacial score (nSPS) is 15.3. The lowest BCUT2D eigenvalue weighted by molar-refractivity contribution is -0.152. The largest absolute Gasteiger partial charge is 0.506 e. The highest BCUT2D eigenvalue weighted by atomic mass is 31.2. The van der Waals surface area contributed by atoms with E-state index in [0.29, 0.717) is 12.4 Å². The predicted molar refractivity (Wildman–Crippen MR) is 254 cm³/mol. The topological polar surface area (TPSA) is 323 Å². The number of hydrogen-bond donors (Lipinski definition) is 4. The van der Waals surface area contributed by atoms with Crippen LogP contribution in [0.15, 0.2) is 80.2 Å². The molecule has 392 valence electrons. The van der Waals surface area contributed by atoms with Crippen molar-refractivity contribution in [1.82, 2.24) is 4.98 Å². The summed E-state index contributed by atoms with van der Waals surface area (Å²) < 4.78 is 92.0. The fourth-order valence-electron chi connectivity index (χ4n) is 3.50. The minimum absolute atomic E-state index is 0.114. The lowest BCUT2D eigenvalue weighted by Gasteiger charge is -2.18. The van der Waals surface area contributed by atoms with Crippen molar-refractivity contribution in [1.29, 1.82) is 0 Å². The molecule has 27 heteroatoms. The van der Waals surface area contributed by atoms with Gasteiger partial charge >= 0.3 is 54.3 Å². The van der Waals surface area contributed by atoms with Crippen molar-refractivity contribution >= 4 is 54.3 Å². The van der Waals surface area contributed by atoms with E-state index < -0.39 is 78.7 Å². The van der Waals surface area contributed by atoms with Crippen LogP contribution in [0.4, 0.5) is 0 Å². The summed E-state index contributed by atoms with van der Waals surface area (Å²) in [6.07, 6.45) is 2.07. The fraction of sp³-hybridized carbons (Fsp3) is 0.537. The Morgan fingerprint density at radius 3 is 1.29 bits per heavy atom. The fourth-order valence-corrected chi connectivity index (χ4v) is 6.86. The van der Waals surface area contributed by atoms with E-state index in [4.69, 9.17) is 47.6 Å². The second kappa shape index (κ2) is 39.7. The number of ether oxygens (including phenoxy) is 4. The standard InChI is InChI=1S/C12H17O5P.C9H17O5P.C6H13O5P.C5H5NO.C5H10O3.C4H9O3P/c1-4-15-12(13)10(2)16-18(3,14)17-11-8-6-5-7-9-11;1-5-7-13-15(4,11)14-8(3)9(10)12-6-2;1-4-10-6(7)5(2)11-12(3,8)9;7-5-2-1-3-6-4-5;1-3-8-5(7)4(2)6;1-3-4-7-8(2,5)6/h5-10H,4H2,1-3H3;5,8H,1,6-7H2,2-4H3;5H,4H2,1-3H3,(H,8,9);1-4,7H;4,6H,3H2,1-2H3;3H,1,4H2,2H3,(H,5,6). The summed E-state index contributed by atoms with van der Waals surface area (Å²) in [6, 6.07) is 11.9. The van der Waals surface area contributed by atoms with Gasteiger partial charge in [-0.15, -0.1) is 13.2 Å². The van der Waals surface area contributed by atoms with Gasteiger partial charge in [-0.05, 0) is 79.7 Å². The molecule has 8 unspecified atom stereocenters. The molecule has 0 bridgehead atoms. The Hall–Kier alpha value is -4.07. The van der Waals surface area contributed by atoms with Crippen molar-refractivity contribution < 1.29 is 104 Å². The first kappa shape index (κ1) is 70.5. The lowest BCUT2D eigenvalue weighted by atomic mass is 10.3. The second-order valence-electron chi connectivity index (χ2n) is 12.9. The Labute approximate surface area is 399 Å². The summed E-state index contributed by atoms with van der Waals surface area (Å²) in [6.45, 7) is 25.2. The molecule has 0 spiro atoms. The highest BCUT2D eigenvalue weighted by Gasteiger charge is 2.28. The van der Waals surface area contributed by atoms with E-state index in [1.165, 1.54) is 59.4 Å². The van der Waals surface area contributed by atoms with Gasteiger partial charge in [0.2, 0.25) is 0 Å². The van der Waals surface area contributed by atoms with Crippen molar-refractivity contribution in [2.24, 2.45) is 0 Å². The van der Waals surface area contributed by atoms with Crippen molar-refractivity contribution in [3.8, 4) is 11.5 Å². The quantitative estimate of drug-likeness (QED) is 0.0388. The number of pyridine rings is 1. The van der Waals surface area contributed by atoms with Gasteiger partial charge in [0, 0.05) is 32.9 Å². The molecule has 0 saturated heterocycles. The van der Waals surface area contributed by atoms with Crippen molar-refractivity contribution in [2.45, 2.75) is 79.8 Å². The zero-order valence-electron chi connectivity index (χ0n) is 40.7. The smallest absolute Gasteiger partial charge is 0.376 e. The van der Waals surface area contributed by atoms with E-state index in [0.717, 1.165) is 13.3 Å². The maximum atomic E-state index is 12.1. The molecule has 1 aromatic carbocycles. The van der Waals surface area contributed by atoms with Crippen molar-refractivity contribution in [2.75, 3.05) is 66.3 Å². The summed E-state index contributed by atoms with van der Waals surface area (Å²) in [7, 11) is -13.4. The van der Waals surface area contributed by atoms with Gasteiger partial charge in [0.05, 0.1) is 45.8 Å². The van der Waals surface area contributed by atoms with Crippen LogP contribution in [0.2, 0.25) is 0 Å². The number of aromatic hydroxyl groups is 1. The number of nitrogens with zero attached hydrogens (tertiary/aromatic N) is 1. The minimum Gasteiger partial charge on any atom is -0.506 e. The first-order valence-electron chi connectivity index (χ1n) is 20.4. The van der Waals surface area contributed by atoms with Crippen LogP contribution in [-0.2, 0) is 79.0 Å². The van der Waals surface area contributed by atoms with Gasteiger partial charge in [-0.3, -0.25) is 32.3 Å². The molecule has 0 aliphatic heterocycles. The van der Waals surface area contributed by atoms with Gasteiger partial charge in [0.1, 0.15) is 17.6 Å². The van der Waals surface area contributed by atoms with E-state index in [9.17, 15) is 37.4 Å². The maximum Gasteiger partial charge on any atom is 0.376 e. The molecular formula is C41H71NO22P4. The highest BCUT2D eigenvalue weighted by Crippen LogP contribution is 2.46. The number of carbonyl (C=O) groups is 4. The Bertz CT molecular complexity index is 1890. The number of aliphatic hydroxyl groups excluding tert-OH is 1. The van der Waals surface area contributed by atoms with E-state index in [2.05, 4.69) is 36.7 Å². The number of para-hydroxylation sites is 1. The lowest BCUT2D eigenvalue weighted by Crippen LogP contribution is -2.23. The Morgan fingerprint density at radius 1 is 0.603 bits per heavy atom. The molecule has 2 rings (SSSR count). The summed E-state index contributed by atoms with van der Waals surface area (Å²) in [5.74, 6) is -1.67. The van der Waals surface area contributed by atoms with Crippen LogP contribution < -0.4 is 4.52 Å². The van der Waals surface area contributed by atoms with E-state index in [1.807, 2.05) is 6.07 Å². The molecule has 0 saturated carbocycles. The van der Waals surface area contributed by atoms with Crippen LogP contribution in [0.25, 0.3) is 0 Å². The number of hydrogen-bond acceptors (Lipinski definition) is 21. The third-order valence-electron chi connectivity index (χ3n) is 6.06. The Kier molecular flexibility index (Phi) is 41.2. The summed E-state index contributed by atoms with van der Waals surface area (Å²) >= 11 is 0. The molecule has 0 aliphatic rings. The molecular weight excluding hydrogens is 982 g/mol. The molecule has 1 heterocycles. The molecule has 0 radical (unpaired) electrons. The molecule has 8 atom stereocenters. The first-order valence-corrected chi connectivity index (χ1v) is 28.4. The average Bonchev–Trinajstić information content (AvgIpc) is 3.23. The zero-order valence-corrected chi connectivity index (χ0v) is 44.3. The van der Waals surface area contributed by atoms with Gasteiger partial charge in [0.15, 0.2) is 18.3 Å². The third kappa shape index (κ3) is 47.0. The number of rotatable bonds is 22. The molecule has 0 amide bonds. The molecule has 0 aliphatic carbocycles. The molecule has 2 aromatic rings. The zero-order chi connectivity index (χ0) is 53.6. The van der Waals surface area contributed by atoms with Crippen LogP contribution in [0, 0.1) is 0 Å². The van der Waals surface area contributed by atoms with Crippen molar-refractivity contribution in [3.05, 3.63) is 80.2 Å². The van der Waals surface area contributed by atoms with Crippen LogP contribution in [0.5, 0.6) is 11.5 Å². The summed E-state index contributed by atoms with van der Waals surface area (Å²) in [5.41, 5.74) is 0. The molecule has 1 aromatic heterocycles. The van der Waals surface area contributed by atoms with Crippen LogP contribution in [0.1, 0.15) is 55.4 Å². The van der Waals surface area contributed by atoms with Gasteiger partial charge in [-0.25, -0.2) is 23.7 Å². The van der Waals surface area contributed by atoms with Gasteiger partial charge in [-0.2, -0.15) is 0 Å². The van der Waals surface area contributed by atoms with Crippen LogP contribution >= 0.6 is 30.4 Å². The van der Waals surface area contributed by atoms with Crippen LogP contribution in [-0.4, -0.2) is 140 Å². The summed E-state index contributed by atoms with van der Waals surface area (Å²) in [4.78, 5) is 64.4. The third-order valence-corrected chi connectivity index (χ3v) is 9.95. The number of aliphatic hydroxyl groups is 1. The van der Waals surface area contributed by atoms with Crippen LogP contribution in [0.3, 0.4) is 0 Å². The number of esters is 4. The molecule has 23 nitrogen and oxygen atoms in total.